The van der Waals surface area contributed by atoms with Crippen LogP contribution in [0.1, 0.15) is 15.4 Å². The lowest BCUT2D eigenvalue weighted by Gasteiger charge is -2.06. The highest BCUT2D eigenvalue weighted by molar-refractivity contribution is 7.17. The summed E-state index contributed by atoms with van der Waals surface area (Å²) in [6.45, 7) is 0.380. The lowest BCUT2D eigenvalue weighted by atomic mass is 10.2. The topological polar surface area (TPSA) is 51.5 Å². The molecule has 2 aromatic heterocycles. The van der Waals surface area contributed by atoms with Gasteiger partial charge in [0.1, 0.15) is 17.3 Å². The summed E-state index contributed by atoms with van der Waals surface area (Å²) in [7, 11) is 0. The van der Waals surface area contributed by atoms with Crippen LogP contribution in [0, 0.1) is 0 Å². The Morgan fingerprint density at radius 3 is 2.41 bits per heavy atom. The lowest BCUT2D eigenvalue weighted by Crippen LogP contribution is -2.21. The highest BCUT2D eigenvalue weighted by Crippen LogP contribution is 2.30. The van der Waals surface area contributed by atoms with Crippen molar-refractivity contribution in [3.8, 4) is 21.9 Å². The molecule has 1 amide bonds. The monoisotopic (exact) mass is 375 g/mol. The van der Waals surface area contributed by atoms with Crippen molar-refractivity contribution >= 4 is 17.2 Å². The average molecular weight is 375 g/mol. The number of amides is 1. The van der Waals surface area contributed by atoms with Crippen molar-refractivity contribution in [3.05, 3.63) is 95.8 Å². The Labute approximate surface area is 161 Å². The fraction of sp³-hybridized carbons (Fsp3) is 0.0455. The molecule has 0 atom stereocenters. The molecule has 1 N–H and O–H groups in total. The van der Waals surface area contributed by atoms with E-state index >= 15 is 0 Å². The fourth-order valence-electron chi connectivity index (χ4n) is 2.59. The van der Waals surface area contributed by atoms with Gasteiger partial charge >= 0.3 is 0 Å². The van der Waals surface area contributed by atoms with E-state index in [2.05, 4.69) is 5.32 Å². The Bertz CT molecular complexity index is 1010. The van der Waals surface area contributed by atoms with Crippen LogP contribution in [-0.2, 0) is 6.54 Å². The van der Waals surface area contributed by atoms with E-state index in [1.165, 1.54) is 11.3 Å². The number of hydrogen-bond donors (Lipinski definition) is 1. The summed E-state index contributed by atoms with van der Waals surface area (Å²) >= 11 is 1.46. The lowest BCUT2D eigenvalue weighted by molar-refractivity contribution is 0.0952. The van der Waals surface area contributed by atoms with E-state index < -0.39 is 0 Å². The molecule has 4 nitrogen and oxygen atoms in total. The molecular formula is C22H17NO3S. The fourth-order valence-corrected chi connectivity index (χ4v) is 3.52. The van der Waals surface area contributed by atoms with E-state index in [4.69, 9.17) is 9.15 Å². The predicted octanol–water partition coefficient (Wildman–Crippen LogP) is 5.73. The van der Waals surface area contributed by atoms with Crippen molar-refractivity contribution in [1.82, 2.24) is 5.32 Å². The van der Waals surface area contributed by atoms with Gasteiger partial charge in [-0.1, -0.05) is 18.2 Å². The molecule has 5 heteroatoms. The smallest absolute Gasteiger partial charge is 0.261 e. The van der Waals surface area contributed by atoms with Crippen molar-refractivity contribution < 1.29 is 13.9 Å². The number of benzene rings is 2. The van der Waals surface area contributed by atoms with Crippen LogP contribution in [0.4, 0.5) is 0 Å². The van der Waals surface area contributed by atoms with E-state index in [1.54, 1.807) is 12.3 Å². The average Bonchev–Trinajstić information content (AvgIpc) is 3.40. The van der Waals surface area contributed by atoms with Crippen molar-refractivity contribution in [2.75, 3.05) is 0 Å². The van der Waals surface area contributed by atoms with Gasteiger partial charge in [0.15, 0.2) is 0 Å². The number of para-hydroxylation sites is 1. The molecule has 0 fully saturated rings. The summed E-state index contributed by atoms with van der Waals surface area (Å²) in [4.78, 5) is 14.0. The predicted molar refractivity (Wildman–Crippen MR) is 106 cm³/mol. The van der Waals surface area contributed by atoms with Crippen molar-refractivity contribution in [3.63, 3.8) is 0 Å². The van der Waals surface area contributed by atoms with Gasteiger partial charge in [0.05, 0.1) is 17.7 Å². The Balaban J connectivity index is 1.41. The zero-order valence-corrected chi connectivity index (χ0v) is 15.2. The zero-order valence-electron chi connectivity index (χ0n) is 14.4. The van der Waals surface area contributed by atoms with Crippen LogP contribution in [-0.4, -0.2) is 5.91 Å². The SMILES string of the molecule is O=C(NCc1ccco1)c1ccc(-c2ccc(Oc3ccccc3)cc2)s1. The number of nitrogens with one attached hydrogen (secondary N) is 1. The molecule has 0 aliphatic carbocycles. The third-order valence-corrected chi connectivity index (χ3v) is 5.08. The van der Waals surface area contributed by atoms with Crippen LogP contribution in [0.15, 0.2) is 89.5 Å². The first-order valence-corrected chi connectivity index (χ1v) is 9.33. The molecule has 4 rings (SSSR count). The van der Waals surface area contributed by atoms with Crippen LogP contribution in [0.25, 0.3) is 10.4 Å². The molecule has 0 aliphatic heterocycles. The second-order valence-corrected chi connectivity index (χ2v) is 6.95. The molecule has 0 spiro atoms. The molecule has 4 aromatic rings. The normalized spacial score (nSPS) is 10.5. The van der Waals surface area contributed by atoms with Crippen LogP contribution < -0.4 is 10.1 Å². The van der Waals surface area contributed by atoms with Gasteiger partial charge in [0.2, 0.25) is 0 Å². The quantitative estimate of drug-likeness (QED) is 0.468. The molecule has 0 unspecified atom stereocenters. The molecule has 2 aromatic carbocycles. The van der Waals surface area contributed by atoms with Crippen LogP contribution >= 0.6 is 11.3 Å². The Morgan fingerprint density at radius 2 is 1.67 bits per heavy atom. The zero-order chi connectivity index (χ0) is 18.5. The van der Waals surface area contributed by atoms with E-state index in [1.807, 2.05) is 72.8 Å². The van der Waals surface area contributed by atoms with Gasteiger partial charge in [0, 0.05) is 4.88 Å². The molecule has 2 heterocycles. The highest BCUT2D eigenvalue weighted by Gasteiger charge is 2.11. The van der Waals surface area contributed by atoms with Crippen molar-refractivity contribution in [1.29, 1.82) is 0 Å². The second-order valence-electron chi connectivity index (χ2n) is 5.87. The van der Waals surface area contributed by atoms with Gasteiger partial charge in [-0.05, 0) is 66.2 Å². The molecule has 27 heavy (non-hydrogen) atoms. The first-order valence-electron chi connectivity index (χ1n) is 8.52. The van der Waals surface area contributed by atoms with E-state index in [0.29, 0.717) is 11.4 Å². The first-order chi connectivity index (χ1) is 13.3. The number of rotatable bonds is 6. The number of carbonyl (C=O) groups excluding carboxylic acids is 1. The molecule has 0 aliphatic rings. The van der Waals surface area contributed by atoms with E-state index in [9.17, 15) is 4.79 Å². The van der Waals surface area contributed by atoms with Gasteiger partial charge < -0.3 is 14.5 Å². The summed E-state index contributed by atoms with van der Waals surface area (Å²) in [6.07, 6.45) is 1.59. The maximum atomic E-state index is 12.3. The summed E-state index contributed by atoms with van der Waals surface area (Å²) in [5.74, 6) is 2.20. The maximum Gasteiger partial charge on any atom is 0.261 e. The van der Waals surface area contributed by atoms with Crippen LogP contribution in [0.2, 0.25) is 0 Å². The highest BCUT2D eigenvalue weighted by atomic mass is 32.1. The molecule has 0 saturated heterocycles. The molecule has 0 radical (unpaired) electrons. The number of carbonyl (C=O) groups is 1. The van der Waals surface area contributed by atoms with Crippen molar-refractivity contribution in [2.24, 2.45) is 0 Å². The summed E-state index contributed by atoms with van der Waals surface area (Å²) in [5, 5.41) is 2.86. The Hall–Kier alpha value is -3.31. The van der Waals surface area contributed by atoms with E-state index in [-0.39, 0.29) is 5.91 Å². The molecule has 134 valence electrons. The van der Waals surface area contributed by atoms with Gasteiger partial charge in [-0.3, -0.25) is 4.79 Å². The number of ether oxygens (including phenoxy) is 1. The largest absolute Gasteiger partial charge is 0.467 e. The Morgan fingerprint density at radius 1 is 0.889 bits per heavy atom. The van der Waals surface area contributed by atoms with Gasteiger partial charge in [-0.2, -0.15) is 0 Å². The second kappa shape index (κ2) is 7.93. The third-order valence-electron chi connectivity index (χ3n) is 3.95. The minimum Gasteiger partial charge on any atom is -0.467 e. The first kappa shape index (κ1) is 17.1. The van der Waals surface area contributed by atoms with Gasteiger partial charge in [-0.25, -0.2) is 0 Å². The standard InChI is InChI=1S/C22H17NO3S/c24-22(23-15-19-7-4-14-25-19)21-13-12-20(27-21)16-8-10-18(11-9-16)26-17-5-2-1-3-6-17/h1-14H,15H2,(H,23,24). The molecular weight excluding hydrogens is 358 g/mol. The Kier molecular flexibility index (Phi) is 5.03. The minimum absolute atomic E-state index is 0.105. The van der Waals surface area contributed by atoms with Crippen LogP contribution in [0.3, 0.4) is 0 Å². The molecule has 0 saturated carbocycles. The summed E-state index contributed by atoms with van der Waals surface area (Å²) < 4.78 is 11.0. The number of hydrogen-bond acceptors (Lipinski definition) is 4. The third kappa shape index (κ3) is 4.27. The molecule has 0 bridgehead atoms. The van der Waals surface area contributed by atoms with E-state index in [0.717, 1.165) is 27.7 Å². The minimum atomic E-state index is -0.105. The summed E-state index contributed by atoms with van der Waals surface area (Å²) in [6, 6.07) is 24.9. The number of thiophene rings is 1. The number of furan rings is 1. The van der Waals surface area contributed by atoms with Crippen LogP contribution in [0.5, 0.6) is 11.5 Å². The van der Waals surface area contributed by atoms with Gasteiger partial charge in [0.25, 0.3) is 5.91 Å². The van der Waals surface area contributed by atoms with Crippen molar-refractivity contribution in [2.45, 2.75) is 6.54 Å². The maximum absolute atomic E-state index is 12.3. The summed E-state index contributed by atoms with van der Waals surface area (Å²) in [5.41, 5.74) is 1.05. The van der Waals surface area contributed by atoms with Gasteiger partial charge in [-0.15, -0.1) is 11.3 Å².